The number of nitrogens with one attached hydrogen (secondary N) is 1. The molecule has 4 heteroatoms. The molecule has 0 aliphatic carbocycles. The summed E-state index contributed by atoms with van der Waals surface area (Å²) in [6, 6.07) is 6.26. The minimum atomic E-state index is -0.285. The van der Waals surface area contributed by atoms with E-state index in [1.165, 1.54) is 23.5 Å². The Kier molecular flexibility index (Phi) is 3.01. The topological polar surface area (TPSA) is 29.1 Å². The molecule has 0 unspecified atom stereocenters. The van der Waals surface area contributed by atoms with Crippen molar-refractivity contribution in [2.24, 2.45) is 0 Å². The summed E-state index contributed by atoms with van der Waals surface area (Å²) in [7, 11) is 0. The van der Waals surface area contributed by atoms with E-state index in [1.807, 2.05) is 0 Å². The molecule has 1 N–H and O–H groups in total. The zero-order valence-electron chi connectivity index (χ0n) is 8.50. The molecule has 0 saturated heterocycles. The van der Waals surface area contributed by atoms with E-state index < -0.39 is 0 Å². The fraction of sp³-hybridized carbons (Fsp3) is 0.0833. The van der Waals surface area contributed by atoms with E-state index in [0.29, 0.717) is 11.4 Å². The number of amides is 1. The van der Waals surface area contributed by atoms with Crippen LogP contribution in [-0.2, 0) is 0 Å². The molecule has 0 aliphatic heterocycles. The van der Waals surface area contributed by atoms with E-state index in [4.69, 9.17) is 0 Å². The summed E-state index contributed by atoms with van der Waals surface area (Å²) in [6.07, 6.45) is 1.62. The maximum absolute atomic E-state index is 12.9. The predicted octanol–water partition coefficient (Wildman–Crippen LogP) is 2.96. The third-order valence-electron chi connectivity index (χ3n) is 2.11. The lowest BCUT2D eigenvalue weighted by Crippen LogP contribution is -2.21. The van der Waals surface area contributed by atoms with E-state index in [2.05, 4.69) is 11.9 Å². The summed E-state index contributed by atoms with van der Waals surface area (Å²) in [6.45, 7) is 3.95. The van der Waals surface area contributed by atoms with Crippen LogP contribution in [0.25, 0.3) is 10.1 Å². The minimum Gasteiger partial charge on any atom is -0.348 e. The molecular weight excluding hydrogens is 225 g/mol. The van der Waals surface area contributed by atoms with Gasteiger partial charge in [-0.05, 0) is 23.6 Å². The molecule has 82 valence electrons. The Labute approximate surface area is 96.4 Å². The highest BCUT2D eigenvalue weighted by molar-refractivity contribution is 7.20. The van der Waals surface area contributed by atoms with E-state index in [1.54, 1.807) is 18.2 Å². The van der Waals surface area contributed by atoms with Crippen molar-refractivity contribution in [1.29, 1.82) is 0 Å². The summed E-state index contributed by atoms with van der Waals surface area (Å²) in [4.78, 5) is 12.2. The van der Waals surface area contributed by atoms with Gasteiger partial charge in [0, 0.05) is 11.2 Å². The third kappa shape index (κ3) is 2.12. The van der Waals surface area contributed by atoms with Crippen LogP contribution in [0.15, 0.2) is 36.9 Å². The number of hydrogen-bond donors (Lipinski definition) is 1. The van der Waals surface area contributed by atoms with Crippen LogP contribution in [0.1, 0.15) is 9.67 Å². The third-order valence-corrected chi connectivity index (χ3v) is 3.21. The molecule has 16 heavy (non-hydrogen) atoms. The van der Waals surface area contributed by atoms with Gasteiger partial charge in [0.15, 0.2) is 0 Å². The number of fused-ring (bicyclic) bond motifs is 1. The highest BCUT2D eigenvalue weighted by Crippen LogP contribution is 2.26. The van der Waals surface area contributed by atoms with Gasteiger partial charge in [-0.15, -0.1) is 17.9 Å². The second-order valence-corrected chi connectivity index (χ2v) is 4.38. The first kappa shape index (κ1) is 10.8. The van der Waals surface area contributed by atoms with E-state index in [-0.39, 0.29) is 11.7 Å². The van der Waals surface area contributed by atoms with Gasteiger partial charge in [-0.3, -0.25) is 4.79 Å². The monoisotopic (exact) mass is 235 g/mol. The second kappa shape index (κ2) is 4.45. The highest BCUT2D eigenvalue weighted by Gasteiger charge is 2.09. The molecule has 1 aromatic heterocycles. The molecule has 0 aliphatic rings. The molecule has 0 saturated carbocycles. The van der Waals surface area contributed by atoms with Gasteiger partial charge in [0.25, 0.3) is 5.91 Å². The number of benzene rings is 1. The summed E-state index contributed by atoms with van der Waals surface area (Å²) >= 11 is 1.28. The van der Waals surface area contributed by atoms with Gasteiger partial charge in [-0.2, -0.15) is 0 Å². The summed E-state index contributed by atoms with van der Waals surface area (Å²) in [5.74, 6) is -0.436. The van der Waals surface area contributed by atoms with E-state index in [0.717, 1.165) is 10.1 Å². The number of hydrogen-bond acceptors (Lipinski definition) is 2. The van der Waals surface area contributed by atoms with Crippen LogP contribution < -0.4 is 5.32 Å². The van der Waals surface area contributed by atoms with Crippen molar-refractivity contribution in [1.82, 2.24) is 5.32 Å². The first-order valence-corrected chi connectivity index (χ1v) is 5.60. The lowest BCUT2D eigenvalue weighted by atomic mass is 10.2. The van der Waals surface area contributed by atoms with Crippen LogP contribution in [-0.4, -0.2) is 12.5 Å². The SMILES string of the molecule is C=CCNC(=O)c1cc2ccc(F)cc2s1. The van der Waals surface area contributed by atoms with Gasteiger partial charge >= 0.3 is 0 Å². The number of rotatable bonds is 3. The fourth-order valence-corrected chi connectivity index (χ4v) is 2.37. The van der Waals surface area contributed by atoms with Gasteiger partial charge in [-0.1, -0.05) is 12.1 Å². The number of halogens is 1. The zero-order valence-corrected chi connectivity index (χ0v) is 9.31. The Morgan fingerprint density at radius 2 is 2.31 bits per heavy atom. The maximum atomic E-state index is 12.9. The smallest absolute Gasteiger partial charge is 0.261 e. The Morgan fingerprint density at radius 1 is 1.50 bits per heavy atom. The molecule has 0 spiro atoms. The normalized spacial score (nSPS) is 10.3. The lowest BCUT2D eigenvalue weighted by molar-refractivity contribution is 0.0962. The van der Waals surface area contributed by atoms with Gasteiger partial charge in [-0.25, -0.2) is 4.39 Å². The van der Waals surface area contributed by atoms with Crippen LogP contribution in [0, 0.1) is 5.82 Å². The number of carbonyl (C=O) groups excluding carboxylic acids is 1. The molecule has 0 radical (unpaired) electrons. The minimum absolute atomic E-state index is 0.151. The van der Waals surface area contributed by atoms with Gasteiger partial charge in [0.2, 0.25) is 0 Å². The molecule has 0 fully saturated rings. The fourth-order valence-electron chi connectivity index (χ4n) is 1.37. The van der Waals surface area contributed by atoms with Crippen LogP contribution in [0.2, 0.25) is 0 Å². The van der Waals surface area contributed by atoms with Crippen molar-refractivity contribution in [2.45, 2.75) is 0 Å². The Hall–Kier alpha value is -1.68. The van der Waals surface area contributed by atoms with Gasteiger partial charge in [0.05, 0.1) is 4.88 Å². The standard InChI is InChI=1S/C12H10FNOS/c1-2-5-14-12(15)11-6-8-3-4-9(13)7-10(8)16-11/h2-4,6-7H,1,5H2,(H,14,15). The molecule has 1 amide bonds. The summed E-state index contributed by atoms with van der Waals surface area (Å²) < 4.78 is 13.7. The predicted molar refractivity (Wildman–Crippen MR) is 64.3 cm³/mol. The maximum Gasteiger partial charge on any atom is 0.261 e. The first-order chi connectivity index (χ1) is 7.70. The first-order valence-electron chi connectivity index (χ1n) is 4.79. The summed E-state index contributed by atoms with van der Waals surface area (Å²) in [5, 5.41) is 3.57. The van der Waals surface area contributed by atoms with Crippen LogP contribution >= 0.6 is 11.3 Å². The summed E-state index contributed by atoms with van der Waals surface area (Å²) in [5.41, 5.74) is 0. The largest absolute Gasteiger partial charge is 0.348 e. The lowest BCUT2D eigenvalue weighted by Gasteiger charge is -1.96. The van der Waals surface area contributed by atoms with Crippen molar-refractivity contribution in [3.63, 3.8) is 0 Å². The van der Waals surface area contributed by atoms with Crippen molar-refractivity contribution in [3.05, 3.63) is 47.6 Å². The quantitative estimate of drug-likeness (QED) is 0.814. The zero-order chi connectivity index (χ0) is 11.5. The molecular formula is C12H10FNOS. The number of carbonyl (C=O) groups is 1. The van der Waals surface area contributed by atoms with Crippen LogP contribution in [0.4, 0.5) is 4.39 Å². The van der Waals surface area contributed by atoms with E-state index in [9.17, 15) is 9.18 Å². The highest BCUT2D eigenvalue weighted by atomic mass is 32.1. The van der Waals surface area contributed by atoms with Crippen molar-refractivity contribution >= 4 is 27.3 Å². The average Bonchev–Trinajstić information content (AvgIpc) is 2.68. The molecule has 1 aromatic carbocycles. The molecule has 2 aromatic rings. The van der Waals surface area contributed by atoms with Crippen LogP contribution in [0.3, 0.4) is 0 Å². The van der Waals surface area contributed by atoms with Crippen molar-refractivity contribution < 1.29 is 9.18 Å². The van der Waals surface area contributed by atoms with E-state index >= 15 is 0 Å². The van der Waals surface area contributed by atoms with Gasteiger partial charge < -0.3 is 5.32 Å². The van der Waals surface area contributed by atoms with Crippen LogP contribution in [0.5, 0.6) is 0 Å². The van der Waals surface area contributed by atoms with Crippen molar-refractivity contribution in [2.75, 3.05) is 6.54 Å². The molecule has 0 atom stereocenters. The Morgan fingerprint density at radius 3 is 3.06 bits per heavy atom. The average molecular weight is 235 g/mol. The Bertz CT molecular complexity index is 547. The Balaban J connectivity index is 2.32. The van der Waals surface area contributed by atoms with Gasteiger partial charge in [0.1, 0.15) is 5.82 Å². The molecule has 1 heterocycles. The second-order valence-electron chi connectivity index (χ2n) is 3.29. The molecule has 2 nitrogen and oxygen atoms in total. The number of thiophene rings is 1. The molecule has 2 rings (SSSR count). The van der Waals surface area contributed by atoms with Crippen molar-refractivity contribution in [3.8, 4) is 0 Å². The molecule has 0 bridgehead atoms.